The van der Waals surface area contributed by atoms with E-state index in [1.807, 2.05) is 54.6 Å². The molecule has 0 atom stereocenters. The van der Waals surface area contributed by atoms with Crippen LogP contribution in [0.1, 0.15) is 28.4 Å². The van der Waals surface area contributed by atoms with Crippen molar-refractivity contribution in [2.75, 3.05) is 17.2 Å². The lowest BCUT2D eigenvalue weighted by atomic mass is 9.99. The summed E-state index contributed by atoms with van der Waals surface area (Å²) in [5.41, 5.74) is 5.52. The van der Waals surface area contributed by atoms with Gasteiger partial charge in [0, 0.05) is 29.2 Å². The number of hydrogen-bond acceptors (Lipinski definition) is 5. The van der Waals surface area contributed by atoms with Crippen molar-refractivity contribution in [3.05, 3.63) is 102 Å². The first-order valence-electron chi connectivity index (χ1n) is 10.9. The predicted molar refractivity (Wildman–Crippen MR) is 132 cm³/mol. The molecule has 1 aliphatic rings. The van der Waals surface area contributed by atoms with E-state index in [0.717, 1.165) is 28.2 Å². The van der Waals surface area contributed by atoms with Crippen molar-refractivity contribution in [2.45, 2.75) is 6.92 Å². The maximum Gasteiger partial charge on any atom is 0.338 e. The van der Waals surface area contributed by atoms with Crippen LogP contribution < -0.4 is 10.6 Å². The Morgan fingerprint density at radius 2 is 1.79 bits per heavy atom. The molecule has 34 heavy (non-hydrogen) atoms. The second kappa shape index (κ2) is 9.07. The smallest absolute Gasteiger partial charge is 0.338 e. The minimum Gasteiger partial charge on any atom is -0.462 e. The third-order valence-electron chi connectivity index (χ3n) is 5.51. The van der Waals surface area contributed by atoms with Gasteiger partial charge in [0.05, 0.1) is 29.1 Å². The monoisotopic (exact) mass is 450 g/mol. The first kappa shape index (κ1) is 21.2. The number of fused-ring (bicyclic) bond motifs is 1. The zero-order valence-corrected chi connectivity index (χ0v) is 18.5. The van der Waals surface area contributed by atoms with Gasteiger partial charge in [-0.05, 0) is 48.9 Å². The highest BCUT2D eigenvalue weighted by atomic mass is 16.5. The molecule has 1 aromatic heterocycles. The van der Waals surface area contributed by atoms with Crippen LogP contribution in [0.3, 0.4) is 0 Å². The summed E-state index contributed by atoms with van der Waals surface area (Å²) in [4.78, 5) is 32.6. The fourth-order valence-corrected chi connectivity index (χ4v) is 3.93. The van der Waals surface area contributed by atoms with Gasteiger partial charge in [0.15, 0.2) is 0 Å². The highest BCUT2D eigenvalue weighted by molar-refractivity contribution is 6.37. The number of anilines is 2. The van der Waals surface area contributed by atoms with Crippen molar-refractivity contribution in [1.29, 1.82) is 0 Å². The summed E-state index contributed by atoms with van der Waals surface area (Å²) >= 11 is 0. The largest absolute Gasteiger partial charge is 0.462 e. The Hall–Kier alpha value is -4.65. The quantitative estimate of drug-likeness (QED) is 0.278. The number of H-pyrrole nitrogens is 1. The minimum atomic E-state index is -0.421. The van der Waals surface area contributed by atoms with Crippen molar-refractivity contribution in [3.8, 4) is 11.4 Å². The molecule has 2 heterocycles. The minimum absolute atomic E-state index is 0.241. The highest BCUT2D eigenvalue weighted by Crippen LogP contribution is 2.38. The van der Waals surface area contributed by atoms with Crippen molar-refractivity contribution in [1.82, 2.24) is 9.97 Å². The standard InChI is InChI=1S/C27H22N4O3/c1-2-34-27(33)19-10-13-21-22(16-19)31-26(32)23(21)24(17-6-4-3-5-7-17)30-20-11-8-18(9-12-20)25-28-14-15-29-25/h3-16,30H,2H2,1H3,(H,28,29)(H,31,32)/b24-23+. The molecule has 5 rings (SSSR count). The molecule has 0 fully saturated rings. The number of hydrogen-bond donors (Lipinski definition) is 3. The molecule has 3 N–H and O–H groups in total. The fraction of sp³-hybridized carbons (Fsp3) is 0.0741. The van der Waals surface area contributed by atoms with Crippen LogP contribution in [-0.2, 0) is 9.53 Å². The lowest BCUT2D eigenvalue weighted by molar-refractivity contribution is -0.110. The SMILES string of the molecule is CCOC(=O)c1ccc2c(c1)NC(=O)/C2=C(/Nc1ccc(-c2ncc[nH]2)cc1)c1ccccc1. The molecule has 0 saturated heterocycles. The highest BCUT2D eigenvalue weighted by Gasteiger charge is 2.29. The molecular formula is C27H22N4O3. The third-order valence-corrected chi connectivity index (χ3v) is 5.51. The van der Waals surface area contributed by atoms with Crippen LogP contribution in [0.15, 0.2) is 85.2 Å². The zero-order chi connectivity index (χ0) is 23.5. The predicted octanol–water partition coefficient (Wildman–Crippen LogP) is 5.19. The molecule has 168 valence electrons. The van der Waals surface area contributed by atoms with Gasteiger partial charge in [-0.3, -0.25) is 4.79 Å². The Kier molecular flexibility index (Phi) is 5.66. The first-order chi connectivity index (χ1) is 16.6. The van der Waals surface area contributed by atoms with Gasteiger partial charge in [-0.2, -0.15) is 0 Å². The van der Waals surface area contributed by atoms with E-state index in [9.17, 15) is 9.59 Å². The summed E-state index contributed by atoms with van der Waals surface area (Å²) in [5, 5.41) is 6.33. The molecule has 3 aromatic carbocycles. The maximum absolute atomic E-state index is 13.1. The second-order valence-electron chi connectivity index (χ2n) is 7.69. The number of nitrogens with one attached hydrogen (secondary N) is 3. The van der Waals surface area contributed by atoms with Crippen LogP contribution in [0, 0.1) is 0 Å². The summed E-state index contributed by atoms with van der Waals surface area (Å²) in [6, 6.07) is 22.6. The molecule has 1 amide bonds. The van der Waals surface area contributed by atoms with E-state index < -0.39 is 5.97 Å². The molecule has 7 nitrogen and oxygen atoms in total. The summed E-state index contributed by atoms with van der Waals surface area (Å²) in [7, 11) is 0. The molecule has 4 aromatic rings. The van der Waals surface area contributed by atoms with E-state index in [1.165, 1.54) is 0 Å². The van der Waals surface area contributed by atoms with Crippen LogP contribution in [0.4, 0.5) is 11.4 Å². The first-order valence-corrected chi connectivity index (χ1v) is 10.9. The Morgan fingerprint density at radius 3 is 2.50 bits per heavy atom. The van der Waals surface area contributed by atoms with Crippen LogP contribution in [0.25, 0.3) is 22.7 Å². The summed E-state index contributed by atoms with van der Waals surface area (Å²) < 4.78 is 5.09. The number of benzene rings is 3. The van der Waals surface area contributed by atoms with E-state index >= 15 is 0 Å². The van der Waals surface area contributed by atoms with Crippen molar-refractivity contribution in [2.24, 2.45) is 0 Å². The summed E-state index contributed by atoms with van der Waals surface area (Å²) in [6.07, 6.45) is 3.49. The van der Waals surface area contributed by atoms with Crippen molar-refractivity contribution >= 4 is 34.5 Å². The van der Waals surface area contributed by atoms with Crippen molar-refractivity contribution in [3.63, 3.8) is 0 Å². The molecule has 0 aliphatic carbocycles. The van der Waals surface area contributed by atoms with Gasteiger partial charge in [-0.15, -0.1) is 0 Å². The number of aromatic amines is 1. The Bertz CT molecular complexity index is 1380. The molecule has 7 heteroatoms. The van der Waals surface area contributed by atoms with Gasteiger partial charge in [0.2, 0.25) is 0 Å². The number of imidazole rings is 1. The zero-order valence-electron chi connectivity index (χ0n) is 18.5. The molecule has 0 saturated carbocycles. The second-order valence-corrected chi connectivity index (χ2v) is 7.69. The Morgan fingerprint density at radius 1 is 1.00 bits per heavy atom. The molecule has 1 aliphatic heterocycles. The average molecular weight is 450 g/mol. The fourth-order valence-electron chi connectivity index (χ4n) is 3.93. The Labute approximate surface area is 196 Å². The molecule has 0 spiro atoms. The third kappa shape index (κ3) is 4.06. The van der Waals surface area contributed by atoms with Crippen LogP contribution in [-0.4, -0.2) is 28.5 Å². The number of ether oxygens (including phenoxy) is 1. The van der Waals surface area contributed by atoms with Crippen molar-refractivity contribution < 1.29 is 14.3 Å². The molecule has 0 unspecified atom stereocenters. The van der Waals surface area contributed by atoms with Gasteiger partial charge < -0.3 is 20.4 Å². The maximum atomic E-state index is 13.1. The van der Waals surface area contributed by atoms with E-state index in [1.54, 1.807) is 37.5 Å². The normalized spacial score (nSPS) is 13.7. The summed E-state index contributed by atoms with van der Waals surface area (Å²) in [5.74, 6) is 0.124. The topological polar surface area (TPSA) is 96.1 Å². The lowest BCUT2D eigenvalue weighted by Gasteiger charge is -2.15. The van der Waals surface area contributed by atoms with Crippen LogP contribution in [0.2, 0.25) is 0 Å². The van der Waals surface area contributed by atoms with Crippen LogP contribution in [0.5, 0.6) is 0 Å². The molecule has 0 radical (unpaired) electrons. The van der Waals surface area contributed by atoms with Gasteiger partial charge in [-0.25, -0.2) is 9.78 Å². The Balaban J connectivity index is 1.56. The number of rotatable bonds is 6. The molecule has 0 bridgehead atoms. The van der Waals surface area contributed by atoms with Gasteiger partial charge in [0.25, 0.3) is 5.91 Å². The number of carbonyl (C=O) groups is 2. The van der Waals surface area contributed by atoms with Gasteiger partial charge >= 0.3 is 5.97 Å². The number of esters is 1. The van der Waals surface area contributed by atoms with E-state index in [4.69, 9.17) is 4.74 Å². The lowest BCUT2D eigenvalue weighted by Crippen LogP contribution is -2.10. The summed E-state index contributed by atoms with van der Waals surface area (Å²) in [6.45, 7) is 2.04. The number of nitrogens with zero attached hydrogens (tertiary/aromatic N) is 1. The van der Waals surface area contributed by atoms with E-state index in [2.05, 4.69) is 20.6 Å². The van der Waals surface area contributed by atoms with E-state index in [-0.39, 0.29) is 12.5 Å². The van der Waals surface area contributed by atoms with Gasteiger partial charge in [0.1, 0.15) is 5.82 Å². The number of amides is 1. The number of carbonyl (C=O) groups excluding carboxylic acids is 2. The van der Waals surface area contributed by atoms with Crippen LogP contribution >= 0.6 is 0 Å². The average Bonchev–Trinajstić information content (AvgIpc) is 3.51. The molecular weight excluding hydrogens is 428 g/mol. The van der Waals surface area contributed by atoms with E-state index in [0.29, 0.717) is 22.5 Å². The van der Waals surface area contributed by atoms with Gasteiger partial charge in [-0.1, -0.05) is 36.4 Å². The number of aromatic nitrogens is 2.